The molecule has 0 bridgehead atoms. The number of fused-ring (bicyclic) bond motifs is 2. The van der Waals surface area contributed by atoms with Crippen molar-refractivity contribution in [2.24, 2.45) is 5.92 Å². The number of anilines is 1. The molecule has 2 aromatic rings. The van der Waals surface area contributed by atoms with Gasteiger partial charge >= 0.3 is 5.97 Å². The van der Waals surface area contributed by atoms with Crippen molar-refractivity contribution >= 4 is 28.2 Å². The van der Waals surface area contributed by atoms with Crippen LogP contribution in [0.3, 0.4) is 0 Å². The van der Waals surface area contributed by atoms with Gasteiger partial charge in [0.25, 0.3) is 5.91 Å². The Morgan fingerprint density at radius 1 is 1.29 bits per heavy atom. The van der Waals surface area contributed by atoms with Gasteiger partial charge in [0.05, 0.1) is 12.7 Å². The number of benzene rings is 1. The molecule has 0 radical (unpaired) electrons. The summed E-state index contributed by atoms with van der Waals surface area (Å²) >= 11 is 1.45. The lowest BCUT2D eigenvalue weighted by Crippen LogP contribution is -2.21. The Morgan fingerprint density at radius 2 is 2.11 bits per heavy atom. The third-order valence-corrected chi connectivity index (χ3v) is 6.04. The second-order valence-corrected chi connectivity index (χ2v) is 8.00. The van der Waals surface area contributed by atoms with Gasteiger partial charge in [0.1, 0.15) is 10.8 Å². The minimum atomic E-state index is -0.418. The van der Waals surface area contributed by atoms with E-state index >= 15 is 0 Å². The molecule has 2 aliphatic rings. The SMILES string of the molecule is COC(=O)c1c(NC(=O)COc2ccc3c(c2)OCO3)sc2c1CC[C@H](C)C2. The van der Waals surface area contributed by atoms with Gasteiger partial charge in [-0.1, -0.05) is 6.92 Å². The highest BCUT2D eigenvalue weighted by atomic mass is 32.1. The number of esters is 1. The highest BCUT2D eigenvalue weighted by Gasteiger charge is 2.29. The van der Waals surface area contributed by atoms with Crippen molar-refractivity contribution in [3.8, 4) is 17.2 Å². The Hall–Kier alpha value is -2.74. The fraction of sp³-hybridized carbons (Fsp3) is 0.400. The Balaban J connectivity index is 1.46. The van der Waals surface area contributed by atoms with E-state index in [0.29, 0.717) is 33.7 Å². The van der Waals surface area contributed by atoms with E-state index in [1.54, 1.807) is 18.2 Å². The van der Waals surface area contributed by atoms with Crippen molar-refractivity contribution in [3.63, 3.8) is 0 Å². The van der Waals surface area contributed by atoms with Gasteiger partial charge in [0.15, 0.2) is 18.1 Å². The standard InChI is InChI=1S/C20H21NO6S/c1-11-3-5-13-16(7-11)28-19(18(13)20(23)24-2)21-17(22)9-25-12-4-6-14-15(8-12)27-10-26-14/h4,6,8,11H,3,5,7,9-10H2,1-2H3,(H,21,22)/t11-/m0/s1. The van der Waals surface area contributed by atoms with Gasteiger partial charge in [-0.2, -0.15) is 0 Å². The lowest BCUT2D eigenvalue weighted by atomic mass is 9.88. The van der Waals surface area contributed by atoms with E-state index in [4.69, 9.17) is 18.9 Å². The van der Waals surface area contributed by atoms with E-state index < -0.39 is 5.97 Å². The summed E-state index contributed by atoms with van der Waals surface area (Å²) in [5.41, 5.74) is 1.48. The predicted molar refractivity (Wildman–Crippen MR) is 104 cm³/mol. The molecule has 0 saturated carbocycles. The molecular formula is C20H21NO6S. The second kappa shape index (κ2) is 7.71. The summed E-state index contributed by atoms with van der Waals surface area (Å²) < 4.78 is 21.0. The molecule has 2 heterocycles. The Bertz CT molecular complexity index is 922. The highest BCUT2D eigenvalue weighted by Crippen LogP contribution is 2.40. The third kappa shape index (κ3) is 3.64. The number of carbonyl (C=O) groups is 2. The zero-order valence-electron chi connectivity index (χ0n) is 15.7. The first kappa shape index (κ1) is 18.6. The van der Waals surface area contributed by atoms with Crippen LogP contribution in [0.15, 0.2) is 18.2 Å². The molecule has 1 aliphatic carbocycles. The van der Waals surface area contributed by atoms with Crippen molar-refractivity contribution in [3.05, 3.63) is 34.2 Å². The molecule has 0 spiro atoms. The number of carbonyl (C=O) groups excluding carboxylic acids is 2. The molecule has 0 saturated heterocycles. The average molecular weight is 403 g/mol. The van der Waals surface area contributed by atoms with Crippen LogP contribution in [-0.4, -0.2) is 32.4 Å². The van der Waals surface area contributed by atoms with E-state index in [1.807, 2.05) is 0 Å². The highest BCUT2D eigenvalue weighted by molar-refractivity contribution is 7.17. The van der Waals surface area contributed by atoms with Gasteiger partial charge in [0, 0.05) is 10.9 Å². The fourth-order valence-electron chi connectivity index (χ4n) is 3.44. The van der Waals surface area contributed by atoms with Crippen molar-refractivity contribution in [1.29, 1.82) is 0 Å². The Morgan fingerprint density at radius 3 is 2.93 bits per heavy atom. The fourth-order valence-corrected chi connectivity index (χ4v) is 4.85. The first-order valence-electron chi connectivity index (χ1n) is 9.10. The van der Waals surface area contributed by atoms with Crippen LogP contribution in [0.2, 0.25) is 0 Å². The largest absolute Gasteiger partial charge is 0.484 e. The quantitative estimate of drug-likeness (QED) is 0.771. The molecule has 1 aromatic heterocycles. The van der Waals surface area contributed by atoms with Gasteiger partial charge in [-0.05, 0) is 42.9 Å². The Labute approximate surface area is 166 Å². The number of amides is 1. The van der Waals surface area contributed by atoms with Gasteiger partial charge in [-0.3, -0.25) is 4.79 Å². The van der Waals surface area contributed by atoms with Crippen molar-refractivity contribution in [2.75, 3.05) is 25.8 Å². The molecule has 1 aliphatic heterocycles. The smallest absolute Gasteiger partial charge is 0.341 e. The van der Waals surface area contributed by atoms with Gasteiger partial charge < -0.3 is 24.3 Å². The van der Waals surface area contributed by atoms with Crippen LogP contribution in [-0.2, 0) is 22.4 Å². The molecule has 1 aromatic carbocycles. The van der Waals surface area contributed by atoms with Crippen LogP contribution in [0, 0.1) is 5.92 Å². The van der Waals surface area contributed by atoms with Crippen LogP contribution in [0.5, 0.6) is 17.2 Å². The van der Waals surface area contributed by atoms with Crippen LogP contribution in [0.4, 0.5) is 5.00 Å². The van der Waals surface area contributed by atoms with Crippen LogP contribution in [0.25, 0.3) is 0 Å². The van der Waals surface area contributed by atoms with E-state index in [9.17, 15) is 9.59 Å². The third-order valence-electron chi connectivity index (χ3n) is 4.87. The maximum Gasteiger partial charge on any atom is 0.341 e. The molecule has 0 unspecified atom stereocenters. The number of thiophene rings is 1. The molecule has 7 nitrogen and oxygen atoms in total. The van der Waals surface area contributed by atoms with E-state index in [0.717, 1.165) is 29.7 Å². The molecule has 1 amide bonds. The van der Waals surface area contributed by atoms with Crippen LogP contribution in [0.1, 0.15) is 34.1 Å². The number of ether oxygens (including phenoxy) is 4. The molecule has 28 heavy (non-hydrogen) atoms. The summed E-state index contributed by atoms with van der Waals surface area (Å²) in [4.78, 5) is 25.9. The van der Waals surface area contributed by atoms with Gasteiger partial charge in [-0.25, -0.2) is 4.79 Å². The minimum Gasteiger partial charge on any atom is -0.484 e. The summed E-state index contributed by atoms with van der Waals surface area (Å²) in [5.74, 6) is 1.55. The van der Waals surface area contributed by atoms with E-state index in [2.05, 4.69) is 12.2 Å². The number of rotatable bonds is 5. The van der Waals surface area contributed by atoms with Crippen molar-refractivity contribution in [2.45, 2.75) is 26.2 Å². The lowest BCUT2D eigenvalue weighted by Gasteiger charge is -2.18. The summed E-state index contributed by atoms with van der Waals surface area (Å²) in [5, 5.41) is 3.35. The summed E-state index contributed by atoms with van der Waals surface area (Å²) in [6.45, 7) is 2.19. The molecule has 8 heteroatoms. The van der Waals surface area contributed by atoms with Crippen LogP contribution >= 0.6 is 11.3 Å². The maximum absolute atomic E-state index is 12.4. The predicted octanol–water partition coefficient (Wildman–Crippen LogP) is 3.41. The second-order valence-electron chi connectivity index (χ2n) is 6.90. The number of methoxy groups -OCH3 is 1. The molecule has 148 valence electrons. The van der Waals surface area contributed by atoms with Crippen LogP contribution < -0.4 is 19.5 Å². The number of hydrogen-bond acceptors (Lipinski definition) is 7. The van der Waals surface area contributed by atoms with Crippen molar-refractivity contribution < 1.29 is 28.5 Å². The number of hydrogen-bond donors (Lipinski definition) is 1. The normalized spacial score (nSPS) is 17.0. The first-order chi connectivity index (χ1) is 13.5. The molecule has 1 atom stereocenters. The average Bonchev–Trinajstić information content (AvgIpc) is 3.28. The maximum atomic E-state index is 12.4. The summed E-state index contributed by atoms with van der Waals surface area (Å²) in [7, 11) is 1.35. The first-order valence-corrected chi connectivity index (χ1v) is 9.92. The minimum absolute atomic E-state index is 0.178. The van der Waals surface area contributed by atoms with Crippen molar-refractivity contribution in [1.82, 2.24) is 0 Å². The molecular weight excluding hydrogens is 382 g/mol. The molecule has 1 N–H and O–H groups in total. The monoisotopic (exact) mass is 403 g/mol. The van der Waals surface area contributed by atoms with Gasteiger partial charge in [-0.15, -0.1) is 11.3 Å². The lowest BCUT2D eigenvalue weighted by molar-refractivity contribution is -0.118. The number of nitrogens with one attached hydrogen (secondary N) is 1. The van der Waals surface area contributed by atoms with Gasteiger partial charge in [0.2, 0.25) is 6.79 Å². The Kier molecular flexibility index (Phi) is 5.13. The summed E-state index contributed by atoms with van der Waals surface area (Å²) in [6.07, 6.45) is 2.75. The van der Waals surface area contributed by atoms with E-state index in [-0.39, 0.29) is 19.3 Å². The zero-order valence-corrected chi connectivity index (χ0v) is 16.5. The molecule has 4 rings (SSSR count). The zero-order chi connectivity index (χ0) is 19.7. The topological polar surface area (TPSA) is 83.1 Å². The van der Waals surface area contributed by atoms with E-state index in [1.165, 1.54) is 18.4 Å². The molecule has 0 fully saturated rings. The summed E-state index contributed by atoms with van der Waals surface area (Å²) in [6, 6.07) is 5.13.